The quantitative estimate of drug-likeness (QED) is 0.526. The van der Waals surface area contributed by atoms with Crippen LogP contribution in [0.1, 0.15) is 0 Å². The highest BCUT2D eigenvalue weighted by Crippen LogP contribution is 2.31. The number of fused-ring (bicyclic) bond motifs is 1. The van der Waals surface area contributed by atoms with Gasteiger partial charge in [0.2, 0.25) is 0 Å². The SMILES string of the molecule is O=[N+]([O-])c1ccc2c(c1)OC=CN2. The molecule has 0 aliphatic carbocycles. The van der Waals surface area contributed by atoms with Crippen molar-refractivity contribution >= 4 is 11.4 Å². The van der Waals surface area contributed by atoms with Gasteiger partial charge in [-0.05, 0) is 6.07 Å². The average Bonchev–Trinajstić information content (AvgIpc) is 2.17. The Bertz CT molecular complexity index is 387. The number of nitrogens with zero attached hydrogens (tertiary/aromatic N) is 1. The van der Waals surface area contributed by atoms with Gasteiger partial charge in [0.25, 0.3) is 5.69 Å². The van der Waals surface area contributed by atoms with Crippen LogP contribution in [0.15, 0.2) is 30.7 Å². The number of nitro groups is 1. The minimum absolute atomic E-state index is 0.0239. The summed E-state index contributed by atoms with van der Waals surface area (Å²) in [6.45, 7) is 0. The van der Waals surface area contributed by atoms with Gasteiger partial charge in [-0.15, -0.1) is 0 Å². The van der Waals surface area contributed by atoms with Crippen LogP contribution in [-0.2, 0) is 0 Å². The molecule has 0 fully saturated rings. The van der Waals surface area contributed by atoms with E-state index in [0.29, 0.717) is 5.75 Å². The Morgan fingerprint density at radius 3 is 3.08 bits per heavy atom. The van der Waals surface area contributed by atoms with E-state index in [9.17, 15) is 10.1 Å². The fourth-order valence-corrected chi connectivity index (χ4v) is 1.07. The zero-order valence-electron chi connectivity index (χ0n) is 6.56. The van der Waals surface area contributed by atoms with Crippen LogP contribution < -0.4 is 10.1 Å². The molecular formula is C8H6N2O3. The number of ether oxygens (including phenoxy) is 1. The number of anilines is 1. The first-order chi connectivity index (χ1) is 6.27. The zero-order chi connectivity index (χ0) is 9.26. The smallest absolute Gasteiger partial charge is 0.273 e. The molecular weight excluding hydrogens is 172 g/mol. The van der Waals surface area contributed by atoms with Gasteiger partial charge < -0.3 is 10.1 Å². The van der Waals surface area contributed by atoms with E-state index in [-0.39, 0.29) is 5.69 Å². The van der Waals surface area contributed by atoms with E-state index in [4.69, 9.17) is 4.74 Å². The Hall–Kier alpha value is -2.04. The van der Waals surface area contributed by atoms with Crippen molar-refractivity contribution in [2.24, 2.45) is 0 Å². The molecule has 0 amide bonds. The van der Waals surface area contributed by atoms with E-state index < -0.39 is 4.92 Å². The summed E-state index contributed by atoms with van der Waals surface area (Å²) in [4.78, 5) is 9.94. The molecule has 5 nitrogen and oxygen atoms in total. The lowest BCUT2D eigenvalue weighted by Crippen LogP contribution is -1.99. The summed E-state index contributed by atoms with van der Waals surface area (Å²) in [5.74, 6) is 0.469. The molecule has 0 atom stereocenters. The Balaban J connectivity index is 2.44. The lowest BCUT2D eigenvalue weighted by atomic mass is 10.2. The van der Waals surface area contributed by atoms with Crippen molar-refractivity contribution in [3.8, 4) is 5.75 Å². The van der Waals surface area contributed by atoms with Crippen LogP contribution in [0.5, 0.6) is 5.75 Å². The number of benzene rings is 1. The largest absolute Gasteiger partial charge is 0.461 e. The minimum Gasteiger partial charge on any atom is -0.461 e. The summed E-state index contributed by atoms with van der Waals surface area (Å²) < 4.78 is 5.07. The number of nitro benzene ring substituents is 1. The third-order valence-electron chi connectivity index (χ3n) is 1.68. The van der Waals surface area contributed by atoms with E-state index in [0.717, 1.165) is 5.69 Å². The van der Waals surface area contributed by atoms with Gasteiger partial charge >= 0.3 is 0 Å². The van der Waals surface area contributed by atoms with Crippen LogP contribution in [0.2, 0.25) is 0 Å². The topological polar surface area (TPSA) is 64.4 Å². The second-order valence-corrected chi connectivity index (χ2v) is 2.50. The standard InChI is InChI=1S/C8H6N2O3/c11-10(12)6-1-2-7-8(5-6)13-4-3-9-7/h1-5,9H. The number of nitrogens with one attached hydrogen (secondary N) is 1. The minimum atomic E-state index is -0.456. The molecule has 0 radical (unpaired) electrons. The van der Waals surface area contributed by atoms with Crippen LogP contribution in [0, 0.1) is 10.1 Å². The first-order valence-electron chi connectivity index (χ1n) is 3.64. The van der Waals surface area contributed by atoms with Crippen molar-refractivity contribution < 1.29 is 9.66 Å². The molecule has 0 aromatic heterocycles. The maximum Gasteiger partial charge on any atom is 0.273 e. The summed E-state index contributed by atoms with van der Waals surface area (Å²) in [5, 5.41) is 13.3. The molecule has 66 valence electrons. The molecule has 1 aromatic carbocycles. The maximum absolute atomic E-state index is 10.4. The summed E-state index contributed by atoms with van der Waals surface area (Å²) >= 11 is 0. The summed E-state index contributed by atoms with van der Waals surface area (Å²) in [7, 11) is 0. The summed E-state index contributed by atoms with van der Waals surface area (Å²) in [6, 6.07) is 4.41. The van der Waals surface area contributed by atoms with Gasteiger partial charge in [-0.2, -0.15) is 0 Å². The Morgan fingerprint density at radius 2 is 2.31 bits per heavy atom. The van der Waals surface area contributed by atoms with Crippen molar-refractivity contribution in [2.45, 2.75) is 0 Å². The molecule has 13 heavy (non-hydrogen) atoms. The Morgan fingerprint density at radius 1 is 1.46 bits per heavy atom. The highest BCUT2D eigenvalue weighted by molar-refractivity contribution is 5.63. The van der Waals surface area contributed by atoms with Gasteiger partial charge in [0, 0.05) is 12.3 Å². The first-order valence-corrected chi connectivity index (χ1v) is 3.64. The van der Waals surface area contributed by atoms with Gasteiger partial charge in [-0.25, -0.2) is 0 Å². The fraction of sp³-hybridized carbons (Fsp3) is 0. The molecule has 0 bridgehead atoms. The highest BCUT2D eigenvalue weighted by atomic mass is 16.6. The molecule has 2 rings (SSSR count). The van der Waals surface area contributed by atoms with Crippen LogP contribution in [0.25, 0.3) is 0 Å². The second kappa shape index (κ2) is 2.78. The van der Waals surface area contributed by atoms with Gasteiger partial charge in [0.1, 0.15) is 6.26 Å². The van der Waals surface area contributed by atoms with E-state index in [1.807, 2.05) is 0 Å². The molecule has 1 aliphatic rings. The Labute approximate surface area is 73.8 Å². The van der Waals surface area contributed by atoms with E-state index in [1.54, 1.807) is 12.3 Å². The van der Waals surface area contributed by atoms with Crippen molar-refractivity contribution in [1.82, 2.24) is 0 Å². The molecule has 0 saturated heterocycles. The second-order valence-electron chi connectivity index (χ2n) is 2.50. The van der Waals surface area contributed by atoms with Crippen LogP contribution in [-0.4, -0.2) is 4.92 Å². The zero-order valence-corrected chi connectivity index (χ0v) is 6.56. The molecule has 5 heteroatoms. The Kier molecular flexibility index (Phi) is 1.63. The predicted molar refractivity (Wildman–Crippen MR) is 46.5 cm³/mol. The first kappa shape index (κ1) is 7.60. The molecule has 1 aliphatic heterocycles. The maximum atomic E-state index is 10.4. The van der Waals surface area contributed by atoms with Gasteiger partial charge in [-0.1, -0.05) is 0 Å². The number of hydrogen-bond donors (Lipinski definition) is 1. The number of hydrogen-bond acceptors (Lipinski definition) is 4. The van der Waals surface area contributed by atoms with E-state index >= 15 is 0 Å². The average molecular weight is 178 g/mol. The highest BCUT2D eigenvalue weighted by Gasteiger charge is 2.12. The van der Waals surface area contributed by atoms with E-state index in [2.05, 4.69) is 5.32 Å². The van der Waals surface area contributed by atoms with Gasteiger partial charge in [-0.3, -0.25) is 10.1 Å². The molecule has 1 N–H and O–H groups in total. The van der Waals surface area contributed by atoms with Gasteiger partial charge in [0.15, 0.2) is 5.75 Å². The third kappa shape index (κ3) is 1.31. The lowest BCUT2D eigenvalue weighted by Gasteiger charge is -2.11. The summed E-state index contributed by atoms with van der Waals surface area (Å²) in [5.41, 5.74) is 0.754. The van der Waals surface area contributed by atoms with Crippen molar-refractivity contribution in [1.29, 1.82) is 0 Å². The predicted octanol–water partition coefficient (Wildman–Crippen LogP) is 1.87. The van der Waals surface area contributed by atoms with E-state index in [1.165, 1.54) is 18.4 Å². The molecule has 0 spiro atoms. The third-order valence-corrected chi connectivity index (χ3v) is 1.68. The summed E-state index contributed by atoms with van der Waals surface area (Å²) in [6.07, 6.45) is 3.06. The number of rotatable bonds is 1. The normalized spacial score (nSPS) is 12.6. The van der Waals surface area contributed by atoms with Crippen molar-refractivity contribution in [3.05, 3.63) is 40.8 Å². The fourth-order valence-electron chi connectivity index (χ4n) is 1.07. The van der Waals surface area contributed by atoms with Gasteiger partial charge in [0.05, 0.1) is 16.7 Å². The molecule has 1 aromatic rings. The molecule has 0 saturated carbocycles. The van der Waals surface area contributed by atoms with Crippen LogP contribution >= 0.6 is 0 Å². The van der Waals surface area contributed by atoms with Crippen molar-refractivity contribution in [3.63, 3.8) is 0 Å². The molecule has 0 unspecified atom stereocenters. The van der Waals surface area contributed by atoms with Crippen LogP contribution in [0.3, 0.4) is 0 Å². The molecule has 1 heterocycles. The van der Waals surface area contributed by atoms with Crippen LogP contribution in [0.4, 0.5) is 11.4 Å². The lowest BCUT2D eigenvalue weighted by molar-refractivity contribution is -0.384. The van der Waals surface area contributed by atoms with Crippen molar-refractivity contribution in [2.75, 3.05) is 5.32 Å². The monoisotopic (exact) mass is 178 g/mol. The number of non-ortho nitro benzene ring substituents is 1.